The highest BCUT2D eigenvalue weighted by Gasteiger charge is 2.60. The molecule has 162 valence electrons. The number of rotatable bonds is 4. The summed E-state index contributed by atoms with van der Waals surface area (Å²) < 4.78 is 5.35. The summed E-state index contributed by atoms with van der Waals surface area (Å²) in [4.78, 5) is 29.4. The minimum atomic E-state index is -1.15. The molecule has 2 aliphatic rings. The van der Waals surface area contributed by atoms with Gasteiger partial charge in [-0.25, -0.2) is 0 Å². The number of ether oxygens (including phenoxy) is 1. The summed E-state index contributed by atoms with van der Waals surface area (Å²) in [6.07, 6.45) is 0. The lowest BCUT2D eigenvalue weighted by Gasteiger charge is -2.33. The SMILES string of the molecule is COc1cccc(CN2C(=O)[C@@]3(SCC(=O)N3c3ccc(C)c(Cl)c3)c3ccccc32)c1. The Labute approximate surface area is 195 Å². The smallest absolute Gasteiger partial charge is 0.269 e. The molecule has 1 fully saturated rings. The first-order valence-corrected chi connectivity index (χ1v) is 11.6. The summed E-state index contributed by atoms with van der Waals surface area (Å²) in [5.41, 5.74) is 4.12. The molecular weight excluding hydrogens is 444 g/mol. The van der Waals surface area contributed by atoms with Gasteiger partial charge in [0, 0.05) is 16.3 Å². The minimum absolute atomic E-state index is 0.110. The predicted octanol–water partition coefficient (Wildman–Crippen LogP) is 5.14. The normalized spacial score (nSPS) is 19.7. The van der Waals surface area contributed by atoms with Crippen LogP contribution < -0.4 is 14.5 Å². The van der Waals surface area contributed by atoms with Crippen molar-refractivity contribution in [1.82, 2.24) is 0 Å². The third-order valence-electron chi connectivity index (χ3n) is 5.95. The van der Waals surface area contributed by atoms with Crippen molar-refractivity contribution in [3.63, 3.8) is 0 Å². The van der Waals surface area contributed by atoms with Crippen molar-refractivity contribution in [3.8, 4) is 5.75 Å². The van der Waals surface area contributed by atoms with Crippen LogP contribution in [0.2, 0.25) is 5.02 Å². The first-order valence-electron chi connectivity index (χ1n) is 10.2. The number of fused-ring (bicyclic) bond motifs is 2. The van der Waals surface area contributed by atoms with Gasteiger partial charge in [-0.15, -0.1) is 11.8 Å². The number of halogens is 1. The van der Waals surface area contributed by atoms with Crippen LogP contribution in [-0.2, 0) is 21.0 Å². The second kappa shape index (κ2) is 7.87. The second-order valence-corrected chi connectivity index (χ2v) is 9.43. The molecule has 32 heavy (non-hydrogen) atoms. The molecule has 3 aromatic rings. The topological polar surface area (TPSA) is 49.9 Å². The van der Waals surface area contributed by atoms with Crippen molar-refractivity contribution in [3.05, 3.63) is 88.4 Å². The molecular formula is C25H21ClN2O3S. The van der Waals surface area contributed by atoms with E-state index in [2.05, 4.69) is 0 Å². The van der Waals surface area contributed by atoms with E-state index in [1.54, 1.807) is 23.0 Å². The number of nitrogens with zero attached hydrogens (tertiary/aromatic N) is 2. The van der Waals surface area contributed by atoms with Crippen molar-refractivity contribution in [2.45, 2.75) is 18.3 Å². The molecule has 3 aromatic carbocycles. The van der Waals surface area contributed by atoms with Crippen LogP contribution in [0.3, 0.4) is 0 Å². The standard InChI is InChI=1S/C25H21ClN2O3S/c1-16-10-11-18(13-21(16)26)28-23(29)15-32-25(28)20-8-3-4-9-22(20)27(24(25)30)14-17-6-5-7-19(12-17)31-2/h3-13H,14-15H2,1-2H3/t25-/m0/s1. The van der Waals surface area contributed by atoms with E-state index in [-0.39, 0.29) is 17.6 Å². The monoisotopic (exact) mass is 464 g/mol. The number of benzene rings is 3. The van der Waals surface area contributed by atoms with E-state index in [1.807, 2.05) is 67.6 Å². The first-order chi connectivity index (χ1) is 15.5. The van der Waals surface area contributed by atoms with Gasteiger partial charge in [-0.2, -0.15) is 0 Å². The zero-order valence-corrected chi connectivity index (χ0v) is 19.2. The van der Waals surface area contributed by atoms with Crippen LogP contribution in [0, 0.1) is 6.92 Å². The van der Waals surface area contributed by atoms with Gasteiger partial charge in [0.1, 0.15) is 5.75 Å². The lowest BCUT2D eigenvalue weighted by molar-refractivity contribution is -0.123. The van der Waals surface area contributed by atoms with Crippen molar-refractivity contribution >= 4 is 46.6 Å². The fraction of sp³-hybridized carbons (Fsp3) is 0.200. The maximum Gasteiger partial charge on any atom is 0.269 e. The summed E-state index contributed by atoms with van der Waals surface area (Å²) >= 11 is 7.75. The maximum atomic E-state index is 14.1. The highest BCUT2D eigenvalue weighted by molar-refractivity contribution is 8.02. The third kappa shape index (κ3) is 3.09. The molecule has 1 atom stereocenters. The van der Waals surface area contributed by atoms with E-state index in [1.165, 1.54) is 11.8 Å². The Morgan fingerprint density at radius 1 is 1.06 bits per heavy atom. The molecule has 0 unspecified atom stereocenters. The molecule has 0 bridgehead atoms. The molecule has 0 radical (unpaired) electrons. The number of hydrogen-bond acceptors (Lipinski definition) is 4. The lowest BCUT2D eigenvalue weighted by Crippen LogP contribution is -2.49. The zero-order valence-electron chi connectivity index (χ0n) is 17.7. The fourth-order valence-corrected chi connectivity index (χ4v) is 5.92. The summed E-state index contributed by atoms with van der Waals surface area (Å²) in [6.45, 7) is 2.29. The summed E-state index contributed by atoms with van der Waals surface area (Å²) in [7, 11) is 1.62. The van der Waals surface area contributed by atoms with Gasteiger partial charge in [0.05, 0.1) is 25.1 Å². The van der Waals surface area contributed by atoms with Gasteiger partial charge < -0.3 is 9.64 Å². The van der Waals surface area contributed by atoms with E-state index < -0.39 is 4.87 Å². The summed E-state index contributed by atoms with van der Waals surface area (Å²) in [5.74, 6) is 0.715. The largest absolute Gasteiger partial charge is 0.497 e. The quantitative estimate of drug-likeness (QED) is 0.536. The van der Waals surface area contributed by atoms with Crippen LogP contribution >= 0.6 is 23.4 Å². The van der Waals surface area contributed by atoms with E-state index in [0.717, 1.165) is 28.1 Å². The number of hydrogen-bond donors (Lipinski definition) is 0. The number of aryl methyl sites for hydroxylation is 1. The van der Waals surface area contributed by atoms with E-state index in [0.29, 0.717) is 17.3 Å². The Morgan fingerprint density at radius 2 is 1.88 bits per heavy atom. The van der Waals surface area contributed by atoms with Crippen LogP contribution in [0.5, 0.6) is 5.75 Å². The molecule has 0 aromatic heterocycles. The number of thioether (sulfide) groups is 1. The number of carbonyl (C=O) groups excluding carboxylic acids is 2. The van der Waals surface area contributed by atoms with E-state index >= 15 is 0 Å². The van der Waals surface area contributed by atoms with Crippen LogP contribution in [0.25, 0.3) is 0 Å². The summed E-state index contributed by atoms with van der Waals surface area (Å²) in [6, 6.07) is 20.9. The predicted molar refractivity (Wildman–Crippen MR) is 128 cm³/mol. The number of amides is 2. The number of para-hydroxylation sites is 1. The Morgan fingerprint density at radius 3 is 2.66 bits per heavy atom. The van der Waals surface area contributed by atoms with Gasteiger partial charge >= 0.3 is 0 Å². The average molecular weight is 465 g/mol. The molecule has 5 rings (SSSR count). The zero-order chi connectivity index (χ0) is 22.5. The third-order valence-corrected chi connectivity index (χ3v) is 7.75. The molecule has 0 saturated carbocycles. The number of carbonyl (C=O) groups is 2. The molecule has 2 amide bonds. The Kier molecular flexibility index (Phi) is 5.14. The summed E-state index contributed by atoms with van der Waals surface area (Å²) in [5, 5.41) is 0.564. The van der Waals surface area contributed by atoms with Crippen molar-refractivity contribution in [2.75, 3.05) is 22.7 Å². The van der Waals surface area contributed by atoms with Crippen LogP contribution in [0.4, 0.5) is 11.4 Å². The molecule has 1 spiro atoms. The molecule has 0 aliphatic carbocycles. The van der Waals surface area contributed by atoms with Crippen molar-refractivity contribution in [2.24, 2.45) is 0 Å². The average Bonchev–Trinajstić information content (AvgIpc) is 3.27. The lowest BCUT2D eigenvalue weighted by atomic mass is 10.0. The number of anilines is 2. The Bertz CT molecular complexity index is 1250. The molecule has 1 saturated heterocycles. The van der Waals surface area contributed by atoms with Crippen LogP contribution in [-0.4, -0.2) is 24.7 Å². The maximum absolute atomic E-state index is 14.1. The Balaban J connectivity index is 1.63. The van der Waals surface area contributed by atoms with Gasteiger partial charge in [0.2, 0.25) is 10.8 Å². The van der Waals surface area contributed by atoms with Gasteiger partial charge in [0.25, 0.3) is 5.91 Å². The van der Waals surface area contributed by atoms with Crippen molar-refractivity contribution < 1.29 is 14.3 Å². The van der Waals surface area contributed by atoms with Crippen LogP contribution in [0.15, 0.2) is 66.7 Å². The first kappa shape index (κ1) is 20.9. The van der Waals surface area contributed by atoms with E-state index in [9.17, 15) is 9.59 Å². The highest BCUT2D eigenvalue weighted by atomic mass is 35.5. The number of methoxy groups -OCH3 is 1. The fourth-order valence-electron chi connectivity index (χ4n) is 4.39. The molecule has 0 N–H and O–H groups in total. The second-order valence-electron chi connectivity index (χ2n) is 7.86. The molecule has 5 nitrogen and oxygen atoms in total. The van der Waals surface area contributed by atoms with Crippen molar-refractivity contribution in [1.29, 1.82) is 0 Å². The van der Waals surface area contributed by atoms with Gasteiger partial charge in [0.15, 0.2) is 0 Å². The van der Waals surface area contributed by atoms with E-state index in [4.69, 9.17) is 16.3 Å². The molecule has 7 heteroatoms. The minimum Gasteiger partial charge on any atom is -0.497 e. The van der Waals surface area contributed by atoms with Crippen LogP contribution in [0.1, 0.15) is 16.7 Å². The Hall–Kier alpha value is -2.96. The van der Waals surface area contributed by atoms with Gasteiger partial charge in [-0.1, -0.05) is 48.0 Å². The molecule has 2 heterocycles. The molecule has 2 aliphatic heterocycles. The van der Waals surface area contributed by atoms with Gasteiger partial charge in [-0.3, -0.25) is 14.5 Å². The van der Waals surface area contributed by atoms with Gasteiger partial charge in [-0.05, 0) is 48.4 Å². The highest BCUT2D eigenvalue weighted by Crippen LogP contribution is 2.56.